The highest BCUT2D eigenvalue weighted by Gasteiger charge is 2.44. The number of carbonyl (C=O) groups is 2. The highest BCUT2D eigenvalue weighted by Crippen LogP contribution is 2.38. The molecule has 0 aromatic heterocycles. The zero-order chi connectivity index (χ0) is 19.7. The third-order valence-electron chi connectivity index (χ3n) is 7.10. The van der Waals surface area contributed by atoms with Gasteiger partial charge in [0.05, 0.1) is 13.2 Å². The van der Waals surface area contributed by atoms with Gasteiger partial charge in [-0.2, -0.15) is 0 Å². The van der Waals surface area contributed by atoms with Gasteiger partial charge in [0.1, 0.15) is 0 Å². The van der Waals surface area contributed by atoms with E-state index in [0.717, 1.165) is 58.0 Å². The smallest absolute Gasteiger partial charge is 0.226 e. The second kappa shape index (κ2) is 8.08. The van der Waals surface area contributed by atoms with Gasteiger partial charge in [-0.1, -0.05) is 20.3 Å². The summed E-state index contributed by atoms with van der Waals surface area (Å²) in [6.07, 6.45) is 6.19. The monoisotopic (exact) mass is 380 g/mol. The Hall–Kier alpha value is -1.14. The molecule has 2 N–H and O–H groups in total. The Labute approximate surface area is 162 Å². The zero-order valence-electron chi connectivity index (χ0n) is 17.0. The van der Waals surface area contributed by atoms with E-state index in [1.54, 1.807) is 0 Å². The first-order chi connectivity index (χ1) is 12.8. The lowest BCUT2D eigenvalue weighted by molar-refractivity contribution is -0.149. The summed E-state index contributed by atoms with van der Waals surface area (Å²) in [6, 6.07) is 0. The van der Waals surface area contributed by atoms with Crippen molar-refractivity contribution in [2.75, 3.05) is 39.4 Å². The summed E-state index contributed by atoms with van der Waals surface area (Å²) >= 11 is 0. The Morgan fingerprint density at radius 1 is 0.815 bits per heavy atom. The van der Waals surface area contributed by atoms with Crippen LogP contribution in [0.3, 0.4) is 0 Å². The summed E-state index contributed by atoms with van der Waals surface area (Å²) in [5.74, 6) is -0.235. The van der Waals surface area contributed by atoms with Crippen LogP contribution in [0.1, 0.15) is 58.8 Å². The van der Waals surface area contributed by atoms with Gasteiger partial charge in [-0.25, -0.2) is 0 Å². The van der Waals surface area contributed by atoms with Crippen LogP contribution in [0, 0.1) is 22.7 Å². The van der Waals surface area contributed by atoms with Gasteiger partial charge in [-0.3, -0.25) is 9.59 Å². The molecule has 2 heterocycles. The van der Waals surface area contributed by atoms with Gasteiger partial charge in [-0.15, -0.1) is 0 Å². The molecule has 0 bridgehead atoms. The van der Waals surface area contributed by atoms with Gasteiger partial charge in [0.15, 0.2) is 0 Å². The van der Waals surface area contributed by atoms with Crippen molar-refractivity contribution in [2.24, 2.45) is 22.7 Å². The van der Waals surface area contributed by atoms with Gasteiger partial charge in [0.25, 0.3) is 0 Å². The summed E-state index contributed by atoms with van der Waals surface area (Å²) < 4.78 is 0. The van der Waals surface area contributed by atoms with Gasteiger partial charge in [0, 0.05) is 48.8 Å². The molecular formula is C21H36N2O4. The number of carbonyl (C=O) groups excluding carboxylic acids is 2. The molecule has 3 rings (SSSR count). The van der Waals surface area contributed by atoms with Crippen molar-refractivity contribution >= 4 is 11.8 Å². The lowest BCUT2D eigenvalue weighted by atomic mass is 9.81. The number of aliphatic hydroxyl groups is 2. The van der Waals surface area contributed by atoms with Crippen LogP contribution >= 0.6 is 0 Å². The first-order valence-electron chi connectivity index (χ1n) is 10.6. The fourth-order valence-corrected chi connectivity index (χ4v) is 5.29. The Morgan fingerprint density at radius 2 is 1.22 bits per heavy atom. The Morgan fingerprint density at radius 3 is 1.59 bits per heavy atom. The van der Waals surface area contributed by atoms with Gasteiger partial charge in [-0.05, 0) is 38.5 Å². The largest absolute Gasteiger partial charge is 0.396 e. The van der Waals surface area contributed by atoms with Crippen LogP contribution in [0.5, 0.6) is 0 Å². The van der Waals surface area contributed by atoms with E-state index in [0.29, 0.717) is 13.1 Å². The van der Waals surface area contributed by atoms with Crippen molar-refractivity contribution < 1.29 is 19.8 Å². The molecule has 1 saturated carbocycles. The van der Waals surface area contributed by atoms with Gasteiger partial charge < -0.3 is 20.0 Å². The molecule has 27 heavy (non-hydrogen) atoms. The van der Waals surface area contributed by atoms with Crippen molar-refractivity contribution in [2.45, 2.75) is 58.8 Å². The minimum absolute atomic E-state index is 0.0946. The van der Waals surface area contributed by atoms with E-state index in [1.165, 1.54) is 0 Å². The quantitative estimate of drug-likeness (QED) is 0.777. The number of likely N-dealkylation sites (tertiary alicyclic amines) is 2. The fraction of sp³-hybridized carbons (Fsp3) is 0.905. The topological polar surface area (TPSA) is 81.1 Å². The predicted molar refractivity (Wildman–Crippen MR) is 103 cm³/mol. The predicted octanol–water partition coefficient (Wildman–Crippen LogP) is 1.64. The molecule has 0 spiro atoms. The molecule has 2 amide bonds. The van der Waals surface area contributed by atoms with Crippen LogP contribution in [0.15, 0.2) is 0 Å². The molecule has 2 saturated heterocycles. The molecule has 0 unspecified atom stereocenters. The second-order valence-corrected chi connectivity index (χ2v) is 9.81. The van der Waals surface area contributed by atoms with E-state index >= 15 is 0 Å². The number of nitrogens with zero attached hydrogens (tertiary/aromatic N) is 2. The average Bonchev–Trinajstić information content (AvgIpc) is 3.16. The van der Waals surface area contributed by atoms with Crippen molar-refractivity contribution in [3.05, 3.63) is 0 Å². The molecule has 154 valence electrons. The van der Waals surface area contributed by atoms with E-state index in [4.69, 9.17) is 0 Å². The first kappa shape index (κ1) is 20.6. The standard InChI is InChI=1S/C21H36N2O4/c1-20(14-24)8-4-10-22(12-20)18(26)16-6-3-7-17(16)19(27)23-11-5-9-21(2,13-23)15-25/h16-17,24-25H,3-15H2,1-2H3/t16-,17+,20-,21-/m0/s1. The van der Waals surface area contributed by atoms with E-state index in [2.05, 4.69) is 0 Å². The lowest BCUT2D eigenvalue weighted by Crippen LogP contribution is -2.52. The zero-order valence-corrected chi connectivity index (χ0v) is 17.0. The van der Waals surface area contributed by atoms with E-state index in [9.17, 15) is 19.8 Å². The molecule has 2 aliphatic heterocycles. The number of aliphatic hydroxyl groups excluding tert-OH is 2. The number of amides is 2. The summed E-state index contributed by atoms with van der Waals surface area (Å²) in [5, 5.41) is 19.4. The van der Waals surface area contributed by atoms with Crippen molar-refractivity contribution in [3.8, 4) is 0 Å². The molecule has 3 aliphatic rings. The minimum atomic E-state index is -0.221. The van der Waals surface area contributed by atoms with Crippen LogP contribution in [-0.2, 0) is 9.59 Å². The molecule has 6 nitrogen and oxygen atoms in total. The molecular weight excluding hydrogens is 344 g/mol. The SMILES string of the molecule is C[C@]1(CO)CCCN(C(=O)[C@H]2CCC[C@H]2C(=O)N2CCC[C@](C)(CO)C2)C1. The van der Waals surface area contributed by atoms with Gasteiger partial charge >= 0.3 is 0 Å². The summed E-state index contributed by atoms with van der Waals surface area (Å²) in [7, 11) is 0. The average molecular weight is 381 g/mol. The van der Waals surface area contributed by atoms with Crippen LogP contribution < -0.4 is 0 Å². The van der Waals surface area contributed by atoms with Crippen molar-refractivity contribution in [1.82, 2.24) is 9.80 Å². The number of hydrogen-bond donors (Lipinski definition) is 2. The molecule has 3 fully saturated rings. The summed E-state index contributed by atoms with van der Waals surface area (Å²) in [6.45, 7) is 6.91. The minimum Gasteiger partial charge on any atom is -0.396 e. The van der Waals surface area contributed by atoms with Crippen LogP contribution in [0.2, 0.25) is 0 Å². The first-order valence-corrected chi connectivity index (χ1v) is 10.6. The fourth-order valence-electron chi connectivity index (χ4n) is 5.29. The maximum atomic E-state index is 13.2. The Balaban J connectivity index is 1.67. The molecule has 1 aliphatic carbocycles. The second-order valence-electron chi connectivity index (χ2n) is 9.81. The van der Waals surface area contributed by atoms with Crippen LogP contribution in [0.25, 0.3) is 0 Å². The van der Waals surface area contributed by atoms with Crippen LogP contribution in [-0.4, -0.2) is 71.2 Å². The summed E-state index contributed by atoms with van der Waals surface area (Å²) in [5.41, 5.74) is -0.441. The highest BCUT2D eigenvalue weighted by atomic mass is 16.3. The normalized spacial score (nSPS) is 37.5. The number of rotatable bonds is 4. The van der Waals surface area contributed by atoms with Crippen molar-refractivity contribution in [1.29, 1.82) is 0 Å². The van der Waals surface area contributed by atoms with Crippen LogP contribution in [0.4, 0.5) is 0 Å². The molecule has 0 aromatic carbocycles. The third-order valence-corrected chi connectivity index (χ3v) is 7.10. The van der Waals surface area contributed by atoms with E-state index in [1.807, 2.05) is 23.6 Å². The third kappa shape index (κ3) is 4.32. The lowest BCUT2D eigenvalue weighted by Gasteiger charge is -2.42. The highest BCUT2D eigenvalue weighted by molar-refractivity contribution is 5.88. The number of hydrogen-bond acceptors (Lipinski definition) is 4. The maximum absolute atomic E-state index is 13.2. The Bertz CT molecular complexity index is 520. The summed E-state index contributed by atoms with van der Waals surface area (Å²) in [4.78, 5) is 30.2. The molecule has 4 atom stereocenters. The van der Waals surface area contributed by atoms with Gasteiger partial charge in [0.2, 0.25) is 11.8 Å². The maximum Gasteiger partial charge on any atom is 0.226 e. The van der Waals surface area contributed by atoms with E-state index < -0.39 is 0 Å². The van der Waals surface area contributed by atoms with Crippen molar-refractivity contribution in [3.63, 3.8) is 0 Å². The molecule has 6 heteroatoms. The molecule has 0 radical (unpaired) electrons. The Kier molecular flexibility index (Phi) is 6.16. The molecule has 0 aromatic rings. The number of piperidine rings is 2. The van der Waals surface area contributed by atoms with E-state index in [-0.39, 0.29) is 47.7 Å².